The molecule has 2 N–H and O–H groups in total. The molecule has 4 heterocycles. The van der Waals surface area contributed by atoms with Crippen LogP contribution in [0.2, 0.25) is 0 Å². The van der Waals surface area contributed by atoms with Crippen LogP contribution >= 0.6 is 0 Å². The van der Waals surface area contributed by atoms with Crippen LogP contribution < -0.4 is 4.90 Å². The Labute approximate surface area is 195 Å². The minimum absolute atomic E-state index is 0.120. The van der Waals surface area contributed by atoms with Crippen LogP contribution in [0.25, 0.3) is 22.6 Å². The van der Waals surface area contributed by atoms with Crippen LogP contribution in [0.3, 0.4) is 0 Å². The molecule has 0 unspecified atom stereocenters. The van der Waals surface area contributed by atoms with Crippen LogP contribution in [-0.4, -0.2) is 53.8 Å². The average Bonchev–Trinajstić information content (AvgIpc) is 3.54. The lowest BCUT2D eigenvalue weighted by Crippen LogP contribution is -2.36. The molecule has 6 rings (SSSR count). The summed E-state index contributed by atoms with van der Waals surface area (Å²) in [5.74, 6) is 0.342. The Morgan fingerprint density at radius 2 is 1.85 bits per heavy atom. The Hall–Kier alpha value is -4.53. The van der Waals surface area contributed by atoms with E-state index in [2.05, 4.69) is 65.1 Å². The molecule has 0 fully saturated rings. The Morgan fingerprint density at radius 3 is 2.71 bits per heavy atom. The van der Waals surface area contributed by atoms with Crippen molar-refractivity contribution in [1.82, 2.24) is 34.8 Å². The lowest BCUT2D eigenvalue weighted by molar-refractivity contribution is 0.0745. The molecule has 1 amide bonds. The number of amides is 1. The first-order valence-electron chi connectivity index (χ1n) is 11.1. The molecular weight excluding hydrogens is 428 g/mol. The Morgan fingerprint density at radius 1 is 0.941 bits per heavy atom. The van der Waals surface area contributed by atoms with E-state index >= 15 is 0 Å². The van der Waals surface area contributed by atoms with E-state index < -0.39 is 0 Å². The van der Waals surface area contributed by atoms with Crippen LogP contribution in [0.4, 0.5) is 5.69 Å². The van der Waals surface area contributed by atoms with Crippen molar-refractivity contribution in [2.45, 2.75) is 13.1 Å². The van der Waals surface area contributed by atoms with Crippen molar-refractivity contribution in [3.05, 3.63) is 90.7 Å². The number of H-pyrrole nitrogens is 2. The first-order chi connectivity index (χ1) is 16.8. The molecule has 3 aliphatic rings. The van der Waals surface area contributed by atoms with E-state index in [0.717, 1.165) is 28.1 Å². The van der Waals surface area contributed by atoms with E-state index in [1.165, 1.54) is 12.7 Å². The molecule has 0 bridgehead atoms. The van der Waals surface area contributed by atoms with Crippen molar-refractivity contribution in [3.8, 4) is 22.6 Å². The number of carbonyl (C=O) groups is 1. The molecule has 0 spiro atoms. The number of fused-ring (bicyclic) bond motifs is 2. The van der Waals surface area contributed by atoms with E-state index in [1.807, 2.05) is 29.3 Å². The van der Waals surface area contributed by atoms with Crippen LogP contribution in [0, 0.1) is 0 Å². The van der Waals surface area contributed by atoms with Gasteiger partial charge in [0.2, 0.25) is 0 Å². The largest absolute Gasteiger partial charge is 0.364 e. The summed E-state index contributed by atoms with van der Waals surface area (Å²) < 4.78 is 0. The number of benzene rings is 2. The number of hydrogen-bond acceptors (Lipinski definition) is 6. The van der Waals surface area contributed by atoms with Crippen molar-refractivity contribution in [3.63, 3.8) is 0 Å². The summed E-state index contributed by atoms with van der Waals surface area (Å²) in [5, 5.41) is 0. The van der Waals surface area contributed by atoms with Gasteiger partial charge in [-0.25, -0.2) is 19.9 Å². The van der Waals surface area contributed by atoms with Gasteiger partial charge in [0, 0.05) is 31.5 Å². The summed E-state index contributed by atoms with van der Waals surface area (Å²) in [6, 6.07) is 16.7. The zero-order chi connectivity index (χ0) is 22.9. The second kappa shape index (κ2) is 8.43. The molecule has 3 aromatic rings. The lowest BCUT2D eigenvalue weighted by Gasteiger charge is -2.24. The fourth-order valence-corrected chi connectivity index (χ4v) is 4.47. The molecule has 34 heavy (non-hydrogen) atoms. The number of imidazole rings is 2. The van der Waals surface area contributed by atoms with Gasteiger partial charge in [0.15, 0.2) is 5.82 Å². The molecule has 3 aliphatic heterocycles. The number of nitrogens with one attached hydrogen (secondary N) is 2. The van der Waals surface area contributed by atoms with E-state index in [0.29, 0.717) is 43.4 Å². The standard InChI is InChI=1S/C25H22N8O/c34-25(23-22-24(30-15-28-22)31-16-29-23)33-9-8-32(13-20-11-26-14-27-20)21-7-6-18(10-19(21)12-33)17-4-2-1-3-5-17/h1-7,10-11,14-16H,8-9,12-13H2,(H,26,27)(H,28,29,30,31). The van der Waals surface area contributed by atoms with Gasteiger partial charge in [-0.3, -0.25) is 4.79 Å². The maximum absolute atomic E-state index is 13.6. The van der Waals surface area contributed by atoms with Crippen molar-refractivity contribution >= 4 is 11.6 Å². The van der Waals surface area contributed by atoms with Crippen molar-refractivity contribution in [2.24, 2.45) is 0 Å². The fraction of sp³-hybridized carbons (Fsp3) is 0.160. The Kier molecular flexibility index (Phi) is 4.99. The highest BCUT2D eigenvalue weighted by Gasteiger charge is 2.28. The van der Waals surface area contributed by atoms with Crippen molar-refractivity contribution in [2.75, 3.05) is 18.0 Å². The van der Waals surface area contributed by atoms with Crippen LogP contribution in [-0.2, 0) is 13.1 Å². The molecular formula is C25H22N8O. The van der Waals surface area contributed by atoms with Crippen molar-refractivity contribution in [1.29, 1.82) is 0 Å². The van der Waals surface area contributed by atoms with Crippen LogP contribution in [0.1, 0.15) is 21.7 Å². The summed E-state index contributed by atoms with van der Waals surface area (Å²) in [6.45, 7) is 2.38. The number of hydrogen-bond donors (Lipinski definition) is 2. The quantitative estimate of drug-likeness (QED) is 0.435. The van der Waals surface area contributed by atoms with Gasteiger partial charge in [0.05, 0.1) is 24.9 Å². The highest BCUT2D eigenvalue weighted by atomic mass is 16.2. The number of aromatic amines is 2. The van der Waals surface area contributed by atoms with E-state index in [9.17, 15) is 4.79 Å². The van der Waals surface area contributed by atoms with Gasteiger partial charge in [-0.05, 0) is 28.8 Å². The predicted molar refractivity (Wildman–Crippen MR) is 127 cm³/mol. The smallest absolute Gasteiger partial charge is 0.273 e. The number of carbonyl (C=O) groups excluding carboxylic acids is 1. The van der Waals surface area contributed by atoms with E-state index in [-0.39, 0.29) is 5.91 Å². The Balaban J connectivity index is 1.38. The molecule has 0 saturated heterocycles. The molecule has 9 heteroatoms. The monoisotopic (exact) mass is 450 g/mol. The van der Waals surface area contributed by atoms with E-state index in [1.54, 1.807) is 6.33 Å². The third-order valence-electron chi connectivity index (χ3n) is 6.15. The van der Waals surface area contributed by atoms with Crippen molar-refractivity contribution < 1.29 is 4.79 Å². The molecule has 1 aromatic heterocycles. The first kappa shape index (κ1) is 20.1. The zero-order valence-electron chi connectivity index (χ0n) is 18.3. The summed E-state index contributed by atoms with van der Waals surface area (Å²) >= 11 is 0. The van der Waals surface area contributed by atoms with Gasteiger partial charge in [0.1, 0.15) is 17.7 Å². The normalized spacial score (nSPS) is 13.6. The minimum Gasteiger partial charge on any atom is -0.364 e. The van der Waals surface area contributed by atoms with Gasteiger partial charge < -0.3 is 19.8 Å². The number of aromatic nitrogens is 6. The third kappa shape index (κ3) is 3.66. The molecule has 2 aromatic carbocycles. The highest BCUT2D eigenvalue weighted by molar-refractivity contribution is 5.97. The first-order valence-corrected chi connectivity index (χ1v) is 11.1. The molecule has 0 radical (unpaired) electrons. The zero-order valence-corrected chi connectivity index (χ0v) is 18.3. The number of rotatable bonds is 4. The van der Waals surface area contributed by atoms with E-state index in [4.69, 9.17) is 0 Å². The maximum Gasteiger partial charge on any atom is 0.273 e. The highest BCUT2D eigenvalue weighted by Crippen LogP contribution is 2.32. The number of nitrogens with zero attached hydrogens (tertiary/aromatic N) is 6. The third-order valence-corrected chi connectivity index (χ3v) is 6.15. The van der Waals surface area contributed by atoms with Gasteiger partial charge in [-0.2, -0.15) is 0 Å². The summed E-state index contributed by atoms with van der Waals surface area (Å²) in [7, 11) is 0. The van der Waals surface area contributed by atoms with Gasteiger partial charge >= 0.3 is 0 Å². The van der Waals surface area contributed by atoms with Crippen LogP contribution in [0.5, 0.6) is 0 Å². The van der Waals surface area contributed by atoms with Gasteiger partial charge in [-0.1, -0.05) is 36.4 Å². The lowest BCUT2D eigenvalue weighted by atomic mass is 10.0. The minimum atomic E-state index is -0.120. The summed E-state index contributed by atoms with van der Waals surface area (Å²) in [6.07, 6.45) is 6.52. The second-order valence-corrected chi connectivity index (χ2v) is 8.24. The average molecular weight is 451 g/mol. The topological polar surface area (TPSA) is 107 Å². The Bertz CT molecular complexity index is 1400. The SMILES string of the molecule is O=C(c1[nH]cnc2ncnc1-2)N1CCN(Cc2c[nH]cn2)c2ccc(-c3ccccc3)cc2C1. The fourth-order valence-electron chi connectivity index (χ4n) is 4.47. The van der Waals surface area contributed by atoms with Gasteiger partial charge in [0.25, 0.3) is 5.91 Å². The molecule has 0 saturated carbocycles. The maximum atomic E-state index is 13.6. The predicted octanol–water partition coefficient (Wildman–Crippen LogP) is 3.36. The molecule has 0 atom stereocenters. The molecule has 168 valence electrons. The number of anilines is 1. The summed E-state index contributed by atoms with van der Waals surface area (Å²) in [5.41, 5.74) is 6.30. The second-order valence-electron chi connectivity index (χ2n) is 8.24. The molecule has 9 nitrogen and oxygen atoms in total. The van der Waals surface area contributed by atoms with Gasteiger partial charge in [-0.15, -0.1) is 0 Å². The summed E-state index contributed by atoms with van der Waals surface area (Å²) in [4.78, 5) is 40.7. The molecule has 0 aliphatic carbocycles. The van der Waals surface area contributed by atoms with Crippen LogP contribution in [0.15, 0.2) is 73.7 Å².